The largest absolute Gasteiger partial charge is 0.424 e. The van der Waals surface area contributed by atoms with Crippen molar-refractivity contribution in [2.75, 3.05) is 0 Å². The summed E-state index contributed by atoms with van der Waals surface area (Å²) in [6, 6.07) is 9.25. The summed E-state index contributed by atoms with van der Waals surface area (Å²) in [7, 11) is -3.88. The summed E-state index contributed by atoms with van der Waals surface area (Å²) in [6.07, 6.45) is 1.80. The number of aromatic nitrogens is 3. The van der Waals surface area contributed by atoms with E-state index in [4.69, 9.17) is 27.9 Å². The number of rotatable bonds is 7. The van der Waals surface area contributed by atoms with Crippen LogP contribution in [0.2, 0.25) is 10.0 Å². The Hall–Kier alpha value is -2.20. The zero-order chi connectivity index (χ0) is 21.5. The molecule has 3 aromatic rings. The lowest BCUT2D eigenvalue weighted by atomic mass is 10.3. The lowest BCUT2D eigenvalue weighted by Gasteiger charge is -2.16. The molecule has 0 aliphatic heterocycles. The first kappa shape index (κ1) is 21.0. The summed E-state index contributed by atoms with van der Waals surface area (Å²) in [5, 5.41) is 8.61. The SMILES string of the molecule is C[C@@H](NS(=O)(=O)c1ccc(Cl)c(Cl)c1)c1nnc(Oc2ccc(F)cc2)n1C1CC1. The van der Waals surface area contributed by atoms with E-state index in [9.17, 15) is 12.8 Å². The van der Waals surface area contributed by atoms with E-state index >= 15 is 0 Å². The maximum absolute atomic E-state index is 13.1. The summed E-state index contributed by atoms with van der Waals surface area (Å²) in [5.41, 5.74) is 0. The van der Waals surface area contributed by atoms with Gasteiger partial charge >= 0.3 is 6.01 Å². The second kappa shape index (κ2) is 8.14. The number of hydrogen-bond acceptors (Lipinski definition) is 5. The highest BCUT2D eigenvalue weighted by molar-refractivity contribution is 7.89. The summed E-state index contributed by atoms with van der Waals surface area (Å²) >= 11 is 11.8. The van der Waals surface area contributed by atoms with Crippen molar-refractivity contribution in [3.05, 3.63) is 64.2 Å². The third-order valence-corrected chi connectivity index (χ3v) is 6.82. The topological polar surface area (TPSA) is 86.1 Å². The highest BCUT2D eigenvalue weighted by atomic mass is 35.5. The lowest BCUT2D eigenvalue weighted by molar-refractivity contribution is 0.404. The standard InChI is InChI=1S/C19H17Cl2FN4O3S/c1-11(25-30(27,28)15-8-9-16(20)17(21)10-15)18-23-24-19(26(18)13-4-5-13)29-14-6-2-12(22)3-7-14/h2-3,6-11,13,25H,4-5H2,1H3/t11-/m1/s1. The minimum Gasteiger partial charge on any atom is -0.424 e. The van der Waals surface area contributed by atoms with Gasteiger partial charge in [0.25, 0.3) is 0 Å². The van der Waals surface area contributed by atoms with Gasteiger partial charge in [-0.3, -0.25) is 4.57 Å². The Morgan fingerprint density at radius 2 is 1.83 bits per heavy atom. The van der Waals surface area contributed by atoms with E-state index in [0.29, 0.717) is 11.6 Å². The van der Waals surface area contributed by atoms with E-state index in [1.165, 1.54) is 42.5 Å². The molecule has 1 N–H and O–H groups in total. The zero-order valence-electron chi connectivity index (χ0n) is 15.7. The van der Waals surface area contributed by atoms with Crippen LogP contribution in [0.15, 0.2) is 47.4 Å². The van der Waals surface area contributed by atoms with Crippen molar-refractivity contribution in [2.24, 2.45) is 0 Å². The molecule has 11 heteroatoms. The van der Waals surface area contributed by atoms with Crippen molar-refractivity contribution in [2.45, 2.75) is 36.7 Å². The Morgan fingerprint density at radius 1 is 1.13 bits per heavy atom. The first-order valence-corrected chi connectivity index (χ1v) is 11.3. The Kier molecular flexibility index (Phi) is 5.71. The average molecular weight is 471 g/mol. The molecule has 158 valence electrons. The van der Waals surface area contributed by atoms with Crippen LogP contribution in [0.1, 0.15) is 37.7 Å². The maximum atomic E-state index is 13.1. The van der Waals surface area contributed by atoms with Crippen molar-refractivity contribution in [3.8, 4) is 11.8 Å². The van der Waals surface area contributed by atoms with Crippen molar-refractivity contribution < 1.29 is 17.5 Å². The molecule has 0 amide bonds. The van der Waals surface area contributed by atoms with E-state index in [1.54, 1.807) is 11.5 Å². The van der Waals surface area contributed by atoms with Gasteiger partial charge in [-0.2, -0.15) is 0 Å². The van der Waals surface area contributed by atoms with Crippen molar-refractivity contribution in [1.29, 1.82) is 0 Å². The first-order valence-electron chi connectivity index (χ1n) is 9.10. The molecule has 1 heterocycles. The molecule has 1 fully saturated rings. The number of ether oxygens (including phenoxy) is 1. The van der Waals surface area contributed by atoms with Gasteiger partial charge in [-0.05, 0) is 62.2 Å². The van der Waals surface area contributed by atoms with Crippen LogP contribution in [0.25, 0.3) is 0 Å². The fourth-order valence-corrected chi connectivity index (χ4v) is 4.52. The van der Waals surface area contributed by atoms with E-state index in [1.807, 2.05) is 0 Å². The summed E-state index contributed by atoms with van der Waals surface area (Å²) in [6.45, 7) is 1.67. The number of nitrogens with one attached hydrogen (secondary N) is 1. The van der Waals surface area contributed by atoms with Gasteiger partial charge in [0, 0.05) is 6.04 Å². The van der Waals surface area contributed by atoms with Gasteiger partial charge in [0.2, 0.25) is 10.0 Å². The molecule has 7 nitrogen and oxygen atoms in total. The first-order chi connectivity index (χ1) is 14.2. The Balaban J connectivity index is 1.59. The molecule has 1 atom stereocenters. The molecular weight excluding hydrogens is 454 g/mol. The number of sulfonamides is 1. The van der Waals surface area contributed by atoms with E-state index in [2.05, 4.69) is 14.9 Å². The van der Waals surface area contributed by atoms with Crippen LogP contribution in [0.5, 0.6) is 11.8 Å². The number of benzene rings is 2. The van der Waals surface area contributed by atoms with Crippen LogP contribution in [0.4, 0.5) is 4.39 Å². The van der Waals surface area contributed by atoms with E-state index < -0.39 is 16.1 Å². The van der Waals surface area contributed by atoms with E-state index in [-0.39, 0.29) is 32.8 Å². The van der Waals surface area contributed by atoms with Crippen LogP contribution in [0.3, 0.4) is 0 Å². The summed E-state index contributed by atoms with van der Waals surface area (Å²) < 4.78 is 48.8. The van der Waals surface area contributed by atoms with Gasteiger partial charge in [0.05, 0.1) is 21.0 Å². The normalized spacial score (nSPS) is 15.2. The molecule has 0 spiro atoms. The monoisotopic (exact) mass is 470 g/mol. The maximum Gasteiger partial charge on any atom is 0.322 e. The van der Waals surface area contributed by atoms with Gasteiger partial charge in [0.15, 0.2) is 5.82 Å². The van der Waals surface area contributed by atoms with Gasteiger partial charge < -0.3 is 4.74 Å². The predicted octanol–water partition coefficient (Wildman–Crippen LogP) is 4.89. The Morgan fingerprint density at radius 3 is 2.47 bits per heavy atom. The Bertz CT molecular complexity index is 1180. The van der Waals surface area contributed by atoms with Crippen LogP contribution in [-0.2, 0) is 10.0 Å². The number of halogens is 3. The van der Waals surface area contributed by atoms with Gasteiger partial charge in [-0.1, -0.05) is 28.3 Å². The van der Waals surface area contributed by atoms with Crippen molar-refractivity contribution in [3.63, 3.8) is 0 Å². The van der Waals surface area contributed by atoms with Gasteiger partial charge in [0.1, 0.15) is 11.6 Å². The number of hydrogen-bond donors (Lipinski definition) is 1. The van der Waals surface area contributed by atoms with Crippen LogP contribution < -0.4 is 9.46 Å². The molecule has 2 aromatic carbocycles. The fourth-order valence-electron chi connectivity index (χ4n) is 2.93. The third-order valence-electron chi connectivity index (χ3n) is 4.55. The fraction of sp³-hybridized carbons (Fsp3) is 0.263. The minimum atomic E-state index is -3.88. The van der Waals surface area contributed by atoms with Crippen LogP contribution in [0, 0.1) is 5.82 Å². The smallest absolute Gasteiger partial charge is 0.322 e. The third kappa shape index (κ3) is 4.44. The van der Waals surface area contributed by atoms with E-state index in [0.717, 1.165) is 12.8 Å². The van der Waals surface area contributed by atoms with Crippen molar-refractivity contribution in [1.82, 2.24) is 19.5 Å². The lowest BCUT2D eigenvalue weighted by Crippen LogP contribution is -2.29. The molecule has 1 aliphatic carbocycles. The van der Waals surface area contributed by atoms with Crippen LogP contribution in [-0.4, -0.2) is 23.2 Å². The highest BCUT2D eigenvalue weighted by Crippen LogP contribution is 2.40. The molecule has 0 bridgehead atoms. The highest BCUT2D eigenvalue weighted by Gasteiger charge is 2.33. The average Bonchev–Trinajstić information content (AvgIpc) is 3.45. The van der Waals surface area contributed by atoms with Gasteiger partial charge in [-0.15, -0.1) is 5.10 Å². The number of nitrogens with zero attached hydrogens (tertiary/aromatic N) is 3. The molecule has 0 radical (unpaired) electrons. The second-order valence-corrected chi connectivity index (χ2v) is 9.45. The molecular formula is C19H17Cl2FN4O3S. The second-order valence-electron chi connectivity index (χ2n) is 6.92. The molecule has 1 aliphatic rings. The zero-order valence-corrected chi connectivity index (χ0v) is 18.0. The minimum absolute atomic E-state index is 0.0102. The molecule has 1 aromatic heterocycles. The van der Waals surface area contributed by atoms with Crippen molar-refractivity contribution >= 4 is 33.2 Å². The molecule has 1 saturated carbocycles. The summed E-state index contributed by atoms with van der Waals surface area (Å²) in [4.78, 5) is -0.0102. The molecule has 30 heavy (non-hydrogen) atoms. The molecule has 4 rings (SSSR count). The molecule has 0 saturated heterocycles. The predicted molar refractivity (Wildman–Crippen MR) is 110 cm³/mol. The Labute approximate surface area is 182 Å². The van der Waals surface area contributed by atoms with Crippen LogP contribution >= 0.6 is 23.2 Å². The van der Waals surface area contributed by atoms with Gasteiger partial charge in [-0.25, -0.2) is 17.5 Å². The molecule has 0 unspecified atom stereocenters. The summed E-state index contributed by atoms with van der Waals surface area (Å²) in [5.74, 6) is 0.441. The quantitative estimate of drug-likeness (QED) is 0.530.